The van der Waals surface area contributed by atoms with Gasteiger partial charge in [0.25, 0.3) is 11.8 Å². The average molecular weight is 388 g/mol. The van der Waals surface area contributed by atoms with Gasteiger partial charge in [-0.05, 0) is 44.5 Å². The maximum absolute atomic E-state index is 12.7. The maximum atomic E-state index is 12.7. The molecule has 1 aromatic rings. The molecule has 2 aliphatic rings. The molecule has 1 aliphatic heterocycles. The molecule has 1 saturated carbocycles. The molecule has 1 spiro atoms. The van der Waals surface area contributed by atoms with Gasteiger partial charge in [-0.15, -0.1) is 0 Å². The zero-order chi connectivity index (χ0) is 20.1. The zero-order valence-electron chi connectivity index (χ0n) is 16.5. The van der Waals surface area contributed by atoms with E-state index < -0.39 is 17.5 Å². The van der Waals surface area contributed by atoms with Crippen molar-refractivity contribution in [3.63, 3.8) is 0 Å². The van der Waals surface area contributed by atoms with E-state index in [4.69, 9.17) is 4.74 Å². The number of ether oxygens (including phenoxy) is 1. The van der Waals surface area contributed by atoms with Gasteiger partial charge in [-0.3, -0.25) is 19.9 Å². The summed E-state index contributed by atoms with van der Waals surface area (Å²) in [6.07, 6.45) is 4.12. The number of carbonyl (C=O) groups excluding carboxylic acids is 3. The monoisotopic (exact) mass is 388 g/mol. The molecule has 1 heterocycles. The second-order valence-electron chi connectivity index (χ2n) is 7.50. The molecular formula is C20H28N4O4. The largest absolute Gasteiger partial charge is 0.494 e. The molecule has 152 valence electrons. The van der Waals surface area contributed by atoms with Crippen molar-refractivity contribution in [1.29, 1.82) is 0 Å². The molecule has 2 fully saturated rings. The summed E-state index contributed by atoms with van der Waals surface area (Å²) in [5.74, 6) is 0.0614. The SMILES string of the molecule is CCOc1ccc(CN(C)CC(=O)NN2C(=O)NC3(CCCCC3)C2=O)cc1. The van der Waals surface area contributed by atoms with Crippen molar-refractivity contribution in [3.05, 3.63) is 29.8 Å². The molecule has 1 aromatic carbocycles. The van der Waals surface area contributed by atoms with E-state index in [9.17, 15) is 14.4 Å². The highest BCUT2D eigenvalue weighted by molar-refractivity contribution is 6.08. The summed E-state index contributed by atoms with van der Waals surface area (Å²) in [5, 5.41) is 3.63. The second kappa shape index (κ2) is 8.60. The second-order valence-corrected chi connectivity index (χ2v) is 7.50. The van der Waals surface area contributed by atoms with Gasteiger partial charge in [-0.25, -0.2) is 4.79 Å². The van der Waals surface area contributed by atoms with Crippen molar-refractivity contribution >= 4 is 17.8 Å². The van der Waals surface area contributed by atoms with Crippen molar-refractivity contribution in [3.8, 4) is 5.75 Å². The average Bonchev–Trinajstić information content (AvgIpc) is 2.88. The van der Waals surface area contributed by atoms with Crippen LogP contribution in [0.5, 0.6) is 5.75 Å². The number of rotatable bonds is 7. The number of hydrogen-bond acceptors (Lipinski definition) is 5. The first kappa shape index (κ1) is 20.1. The van der Waals surface area contributed by atoms with Crippen LogP contribution in [0.3, 0.4) is 0 Å². The molecule has 0 unspecified atom stereocenters. The van der Waals surface area contributed by atoms with Crippen LogP contribution in [-0.2, 0) is 16.1 Å². The molecule has 8 heteroatoms. The number of hydrogen-bond donors (Lipinski definition) is 2. The van der Waals surface area contributed by atoms with Gasteiger partial charge in [-0.1, -0.05) is 31.4 Å². The number of nitrogens with zero attached hydrogens (tertiary/aromatic N) is 2. The Labute approximate surface area is 165 Å². The van der Waals surface area contributed by atoms with E-state index in [0.29, 0.717) is 26.0 Å². The highest BCUT2D eigenvalue weighted by Crippen LogP contribution is 2.32. The Bertz CT molecular complexity index is 728. The molecule has 0 aromatic heterocycles. The number of carbonyl (C=O) groups is 3. The molecule has 8 nitrogen and oxygen atoms in total. The number of imide groups is 1. The topological polar surface area (TPSA) is 91.0 Å². The van der Waals surface area contributed by atoms with Crippen LogP contribution in [0.15, 0.2) is 24.3 Å². The maximum Gasteiger partial charge on any atom is 0.344 e. The van der Waals surface area contributed by atoms with Crippen molar-refractivity contribution in [1.82, 2.24) is 20.7 Å². The van der Waals surface area contributed by atoms with E-state index in [1.165, 1.54) is 0 Å². The normalized spacial score (nSPS) is 18.5. The first-order valence-electron chi connectivity index (χ1n) is 9.80. The van der Waals surface area contributed by atoms with Gasteiger partial charge in [0.05, 0.1) is 13.2 Å². The Hall–Kier alpha value is -2.61. The molecule has 0 atom stereocenters. The minimum Gasteiger partial charge on any atom is -0.494 e. The highest BCUT2D eigenvalue weighted by atomic mass is 16.5. The molecule has 0 bridgehead atoms. The predicted octanol–water partition coefficient (Wildman–Crippen LogP) is 1.80. The van der Waals surface area contributed by atoms with Gasteiger partial charge in [0.15, 0.2) is 0 Å². The minimum absolute atomic E-state index is 0.0667. The molecule has 3 rings (SSSR count). The smallest absolute Gasteiger partial charge is 0.344 e. The number of amides is 4. The number of likely N-dealkylation sites (N-methyl/N-ethyl adjacent to an activating group) is 1. The lowest BCUT2D eigenvalue weighted by atomic mass is 9.82. The van der Waals surface area contributed by atoms with Gasteiger partial charge < -0.3 is 10.1 Å². The summed E-state index contributed by atoms with van der Waals surface area (Å²) in [7, 11) is 1.81. The Kier molecular flexibility index (Phi) is 6.18. The lowest BCUT2D eigenvalue weighted by Crippen LogP contribution is -2.52. The molecular weight excluding hydrogens is 360 g/mol. The van der Waals surface area contributed by atoms with E-state index in [2.05, 4.69) is 10.7 Å². The van der Waals surface area contributed by atoms with E-state index in [-0.39, 0.29) is 12.5 Å². The van der Waals surface area contributed by atoms with Crippen molar-refractivity contribution in [2.24, 2.45) is 0 Å². The summed E-state index contributed by atoms with van der Waals surface area (Å²) < 4.78 is 5.42. The molecule has 4 amide bonds. The van der Waals surface area contributed by atoms with Crippen molar-refractivity contribution < 1.29 is 19.1 Å². The standard InChI is InChI=1S/C20H28N4O4/c1-3-28-16-9-7-15(8-10-16)13-23(2)14-17(25)22-24-18(26)20(21-19(24)27)11-5-4-6-12-20/h7-10H,3-6,11-14H2,1-2H3,(H,21,27)(H,22,25). The van der Waals surface area contributed by atoms with E-state index >= 15 is 0 Å². The molecule has 0 radical (unpaired) electrons. The fourth-order valence-electron chi connectivity index (χ4n) is 3.85. The summed E-state index contributed by atoms with van der Waals surface area (Å²) in [6.45, 7) is 3.17. The summed E-state index contributed by atoms with van der Waals surface area (Å²) >= 11 is 0. The number of hydrazine groups is 1. The van der Waals surface area contributed by atoms with E-state index in [1.54, 1.807) is 0 Å². The van der Waals surface area contributed by atoms with Crippen LogP contribution in [0.1, 0.15) is 44.6 Å². The third-order valence-electron chi connectivity index (χ3n) is 5.21. The highest BCUT2D eigenvalue weighted by Gasteiger charge is 2.52. The molecule has 2 N–H and O–H groups in total. The van der Waals surface area contributed by atoms with Gasteiger partial charge in [0.1, 0.15) is 11.3 Å². The third-order valence-corrected chi connectivity index (χ3v) is 5.21. The lowest BCUT2D eigenvalue weighted by Gasteiger charge is -2.30. The van der Waals surface area contributed by atoms with Crippen molar-refractivity contribution in [2.45, 2.75) is 51.1 Å². The van der Waals surface area contributed by atoms with Crippen LogP contribution in [0.4, 0.5) is 4.79 Å². The fraction of sp³-hybridized carbons (Fsp3) is 0.550. The van der Waals surface area contributed by atoms with E-state index in [0.717, 1.165) is 35.6 Å². The predicted molar refractivity (Wildman–Crippen MR) is 103 cm³/mol. The molecule has 1 aliphatic carbocycles. The Morgan fingerprint density at radius 3 is 2.54 bits per heavy atom. The van der Waals surface area contributed by atoms with Crippen LogP contribution < -0.4 is 15.5 Å². The van der Waals surface area contributed by atoms with Crippen LogP contribution in [0.25, 0.3) is 0 Å². The zero-order valence-corrected chi connectivity index (χ0v) is 16.5. The minimum atomic E-state index is -0.836. The Morgan fingerprint density at radius 1 is 1.21 bits per heavy atom. The third kappa shape index (κ3) is 4.44. The van der Waals surface area contributed by atoms with Gasteiger partial charge in [-0.2, -0.15) is 5.01 Å². The van der Waals surface area contributed by atoms with Crippen molar-refractivity contribution in [2.75, 3.05) is 20.2 Å². The van der Waals surface area contributed by atoms with Crippen LogP contribution in [0.2, 0.25) is 0 Å². The molecule has 28 heavy (non-hydrogen) atoms. The van der Waals surface area contributed by atoms with Crippen LogP contribution in [0, 0.1) is 0 Å². The number of benzene rings is 1. The number of urea groups is 1. The van der Waals surface area contributed by atoms with Gasteiger partial charge in [0.2, 0.25) is 0 Å². The van der Waals surface area contributed by atoms with Gasteiger partial charge in [0, 0.05) is 6.54 Å². The number of nitrogens with one attached hydrogen (secondary N) is 2. The van der Waals surface area contributed by atoms with E-state index in [1.807, 2.05) is 43.1 Å². The first-order chi connectivity index (χ1) is 13.4. The summed E-state index contributed by atoms with van der Waals surface area (Å²) in [5.41, 5.74) is 2.66. The summed E-state index contributed by atoms with van der Waals surface area (Å²) in [4.78, 5) is 39.1. The van der Waals surface area contributed by atoms with Crippen LogP contribution in [-0.4, -0.2) is 53.5 Å². The quantitative estimate of drug-likeness (QED) is 0.695. The lowest BCUT2D eigenvalue weighted by molar-refractivity contribution is -0.140. The van der Waals surface area contributed by atoms with Crippen LogP contribution >= 0.6 is 0 Å². The summed E-state index contributed by atoms with van der Waals surface area (Å²) in [6, 6.07) is 7.13. The van der Waals surface area contributed by atoms with Gasteiger partial charge >= 0.3 is 6.03 Å². The Balaban J connectivity index is 1.52. The molecule has 1 saturated heterocycles. The fourth-order valence-corrected chi connectivity index (χ4v) is 3.85. The first-order valence-corrected chi connectivity index (χ1v) is 9.80. The Morgan fingerprint density at radius 2 is 1.89 bits per heavy atom.